The predicted molar refractivity (Wildman–Crippen MR) is 105 cm³/mol. The van der Waals surface area contributed by atoms with E-state index in [1.807, 2.05) is 62.4 Å². The fraction of sp³-hybridized carbons (Fsp3) is 0.250. The molecular formula is C20H23N5O. The second-order valence-corrected chi connectivity index (χ2v) is 6.51. The molecule has 2 heterocycles. The summed E-state index contributed by atoms with van der Waals surface area (Å²) in [6.07, 6.45) is 3.48. The third-order valence-corrected chi connectivity index (χ3v) is 3.96. The summed E-state index contributed by atoms with van der Waals surface area (Å²) in [6, 6.07) is 15.6. The Morgan fingerprint density at radius 1 is 0.962 bits per heavy atom. The van der Waals surface area contributed by atoms with Crippen molar-refractivity contribution in [1.29, 1.82) is 0 Å². The fourth-order valence-electron chi connectivity index (χ4n) is 2.28. The van der Waals surface area contributed by atoms with Gasteiger partial charge in [0.2, 0.25) is 0 Å². The van der Waals surface area contributed by atoms with Crippen molar-refractivity contribution in [3.8, 4) is 11.4 Å². The Bertz CT molecular complexity index is 837. The van der Waals surface area contributed by atoms with Gasteiger partial charge in [0.1, 0.15) is 11.6 Å². The van der Waals surface area contributed by atoms with Gasteiger partial charge in [-0.05, 0) is 26.0 Å². The molecule has 26 heavy (non-hydrogen) atoms. The third-order valence-electron chi connectivity index (χ3n) is 3.96. The zero-order chi connectivity index (χ0) is 18.4. The van der Waals surface area contributed by atoms with E-state index in [0.29, 0.717) is 18.2 Å². The van der Waals surface area contributed by atoms with Crippen LogP contribution in [0.15, 0.2) is 60.9 Å². The van der Waals surface area contributed by atoms with Crippen LogP contribution in [0.5, 0.6) is 0 Å². The molecule has 6 nitrogen and oxygen atoms in total. The quantitative estimate of drug-likeness (QED) is 0.668. The van der Waals surface area contributed by atoms with Crippen molar-refractivity contribution in [1.82, 2.24) is 15.0 Å². The molecule has 0 radical (unpaired) electrons. The van der Waals surface area contributed by atoms with Crippen LogP contribution in [0.4, 0.5) is 17.3 Å². The minimum atomic E-state index is -0.295. The number of benzene rings is 1. The lowest BCUT2D eigenvalue weighted by Crippen LogP contribution is -2.32. The maximum absolute atomic E-state index is 5.47. The van der Waals surface area contributed by atoms with Crippen molar-refractivity contribution >= 4 is 17.3 Å². The highest BCUT2D eigenvalue weighted by Crippen LogP contribution is 2.23. The highest BCUT2D eigenvalue weighted by molar-refractivity contribution is 5.64. The number of nitrogens with zero attached hydrogens (tertiary/aromatic N) is 3. The first-order valence-corrected chi connectivity index (χ1v) is 8.46. The van der Waals surface area contributed by atoms with Crippen molar-refractivity contribution in [2.75, 3.05) is 24.3 Å². The lowest BCUT2D eigenvalue weighted by molar-refractivity contribution is 0.0343. The van der Waals surface area contributed by atoms with Gasteiger partial charge in [-0.2, -0.15) is 0 Å². The summed E-state index contributed by atoms with van der Waals surface area (Å²) in [5, 5.41) is 6.65. The zero-order valence-electron chi connectivity index (χ0n) is 15.2. The molecule has 0 spiro atoms. The van der Waals surface area contributed by atoms with Crippen LogP contribution in [0.25, 0.3) is 11.4 Å². The number of ether oxygens (including phenoxy) is 1. The molecule has 3 rings (SSSR count). The number of anilines is 3. The van der Waals surface area contributed by atoms with E-state index in [0.717, 1.165) is 17.1 Å². The smallest absolute Gasteiger partial charge is 0.163 e. The molecule has 0 saturated heterocycles. The van der Waals surface area contributed by atoms with Crippen LogP contribution >= 0.6 is 0 Å². The van der Waals surface area contributed by atoms with Crippen LogP contribution in [-0.2, 0) is 4.74 Å². The van der Waals surface area contributed by atoms with Gasteiger partial charge in [0, 0.05) is 43.4 Å². The van der Waals surface area contributed by atoms with Crippen LogP contribution < -0.4 is 10.6 Å². The Hall–Kier alpha value is -2.99. The molecular weight excluding hydrogens is 326 g/mol. The lowest BCUT2D eigenvalue weighted by atomic mass is 10.1. The van der Waals surface area contributed by atoms with E-state index < -0.39 is 0 Å². The number of rotatable bonds is 7. The summed E-state index contributed by atoms with van der Waals surface area (Å²) in [5.41, 5.74) is 1.58. The van der Waals surface area contributed by atoms with Gasteiger partial charge in [-0.25, -0.2) is 9.97 Å². The van der Waals surface area contributed by atoms with E-state index in [9.17, 15) is 0 Å². The van der Waals surface area contributed by atoms with Gasteiger partial charge in [0.25, 0.3) is 0 Å². The topological polar surface area (TPSA) is 72.0 Å². The van der Waals surface area contributed by atoms with E-state index in [1.165, 1.54) is 0 Å². The number of hydrogen-bond acceptors (Lipinski definition) is 6. The van der Waals surface area contributed by atoms with Crippen LogP contribution in [0, 0.1) is 0 Å². The largest absolute Gasteiger partial charge is 0.377 e. The summed E-state index contributed by atoms with van der Waals surface area (Å²) in [7, 11) is 1.70. The summed E-state index contributed by atoms with van der Waals surface area (Å²) in [4.78, 5) is 13.3. The molecule has 0 bridgehead atoms. The molecule has 2 aromatic heterocycles. The molecule has 0 saturated carbocycles. The molecule has 0 aliphatic carbocycles. The van der Waals surface area contributed by atoms with Crippen molar-refractivity contribution in [2.45, 2.75) is 19.4 Å². The molecule has 0 unspecified atom stereocenters. The Kier molecular flexibility index (Phi) is 5.43. The Morgan fingerprint density at radius 3 is 2.35 bits per heavy atom. The molecule has 0 atom stereocenters. The molecule has 0 aliphatic heterocycles. The van der Waals surface area contributed by atoms with Crippen LogP contribution in [0.3, 0.4) is 0 Å². The average Bonchev–Trinajstić information content (AvgIpc) is 2.68. The van der Waals surface area contributed by atoms with E-state index in [1.54, 1.807) is 19.5 Å². The predicted octanol–water partition coefficient (Wildman–Crippen LogP) is 4.12. The molecule has 0 aliphatic rings. The highest BCUT2D eigenvalue weighted by Gasteiger charge is 2.16. The molecule has 3 aromatic rings. The number of nitrogens with one attached hydrogen (secondary N) is 2. The van der Waals surface area contributed by atoms with Gasteiger partial charge in [0.15, 0.2) is 5.82 Å². The van der Waals surface area contributed by atoms with Gasteiger partial charge >= 0.3 is 0 Å². The molecule has 2 N–H and O–H groups in total. The van der Waals surface area contributed by atoms with Crippen LogP contribution in [0.2, 0.25) is 0 Å². The van der Waals surface area contributed by atoms with Crippen LogP contribution in [0.1, 0.15) is 13.8 Å². The third kappa shape index (κ3) is 4.77. The normalized spacial score (nSPS) is 11.2. The van der Waals surface area contributed by atoms with E-state index in [2.05, 4.69) is 25.6 Å². The minimum Gasteiger partial charge on any atom is -0.377 e. The Balaban J connectivity index is 1.91. The standard InChI is InChI=1S/C20H23N5O/c1-20(2,26-3)14-22-17-13-18(23-16-9-11-21-12-10-16)25-19(24-17)15-7-5-4-6-8-15/h4-13H,14H2,1-3H3,(H2,21,22,23,24,25). The van der Waals surface area contributed by atoms with Crippen molar-refractivity contribution in [3.05, 3.63) is 60.9 Å². The van der Waals surface area contributed by atoms with E-state index in [4.69, 9.17) is 4.74 Å². The van der Waals surface area contributed by atoms with Gasteiger partial charge in [-0.15, -0.1) is 0 Å². The molecule has 0 fully saturated rings. The highest BCUT2D eigenvalue weighted by atomic mass is 16.5. The minimum absolute atomic E-state index is 0.295. The Morgan fingerprint density at radius 2 is 1.65 bits per heavy atom. The van der Waals surface area contributed by atoms with Crippen LogP contribution in [-0.4, -0.2) is 34.2 Å². The van der Waals surface area contributed by atoms with Crippen molar-refractivity contribution in [3.63, 3.8) is 0 Å². The van der Waals surface area contributed by atoms with Gasteiger partial charge in [-0.1, -0.05) is 30.3 Å². The SMILES string of the molecule is COC(C)(C)CNc1cc(Nc2ccncc2)nc(-c2ccccc2)n1. The molecule has 134 valence electrons. The summed E-state index contributed by atoms with van der Waals surface area (Å²) in [6.45, 7) is 4.67. The lowest BCUT2D eigenvalue weighted by Gasteiger charge is -2.23. The van der Waals surface area contributed by atoms with Crippen molar-refractivity contribution in [2.24, 2.45) is 0 Å². The van der Waals surface area contributed by atoms with Gasteiger partial charge in [0.05, 0.1) is 5.60 Å². The summed E-state index contributed by atoms with van der Waals surface area (Å²) < 4.78 is 5.47. The molecule has 1 aromatic carbocycles. The molecule has 6 heteroatoms. The maximum atomic E-state index is 5.47. The number of pyridine rings is 1. The first-order valence-electron chi connectivity index (χ1n) is 8.46. The van der Waals surface area contributed by atoms with E-state index in [-0.39, 0.29) is 5.60 Å². The average molecular weight is 349 g/mol. The zero-order valence-corrected chi connectivity index (χ0v) is 15.2. The number of hydrogen-bond donors (Lipinski definition) is 2. The van der Waals surface area contributed by atoms with Gasteiger partial charge in [-0.3, -0.25) is 4.98 Å². The Labute approximate surface area is 153 Å². The van der Waals surface area contributed by atoms with Crippen molar-refractivity contribution < 1.29 is 4.74 Å². The number of aromatic nitrogens is 3. The second kappa shape index (κ2) is 7.93. The first-order chi connectivity index (χ1) is 12.6. The summed E-state index contributed by atoms with van der Waals surface area (Å²) >= 11 is 0. The molecule has 0 amide bonds. The second-order valence-electron chi connectivity index (χ2n) is 6.51. The number of methoxy groups -OCH3 is 1. The monoisotopic (exact) mass is 349 g/mol. The maximum Gasteiger partial charge on any atom is 0.163 e. The van der Waals surface area contributed by atoms with E-state index >= 15 is 0 Å². The summed E-state index contributed by atoms with van der Waals surface area (Å²) in [5.74, 6) is 2.10. The van der Waals surface area contributed by atoms with Gasteiger partial charge < -0.3 is 15.4 Å². The fourth-order valence-corrected chi connectivity index (χ4v) is 2.28. The first kappa shape index (κ1) is 17.8.